The number of nitrogens with zero attached hydrogens (tertiary/aromatic N) is 3. The number of hydrogen-bond donors (Lipinski definition) is 0. The number of hydrogen-bond acceptors (Lipinski definition) is 3. The Kier molecular flexibility index (Phi) is 5.65. The molecule has 2 heterocycles. The minimum atomic E-state index is 0.425. The number of aromatic nitrogens is 3. The molecule has 0 spiro atoms. The minimum absolute atomic E-state index is 0.425. The van der Waals surface area contributed by atoms with E-state index in [0.29, 0.717) is 17.6 Å². The van der Waals surface area contributed by atoms with E-state index in [1.807, 2.05) is 29.0 Å². The van der Waals surface area contributed by atoms with Gasteiger partial charge in [0.05, 0.1) is 25.3 Å². The second-order valence-corrected chi connectivity index (χ2v) is 7.76. The standard InChI is InChI=1S/C13H17IN3OS/c1-19(2)8-7-18-10-17-12(14)9-16-13(17)11-5-3-4-6-15-11/h3-6,9H,7-8,10H2,1-2H3/q+1. The summed E-state index contributed by atoms with van der Waals surface area (Å²) in [4.78, 5) is 8.75. The topological polar surface area (TPSA) is 39.9 Å². The summed E-state index contributed by atoms with van der Waals surface area (Å²) in [6.45, 7) is 1.31. The van der Waals surface area contributed by atoms with Gasteiger partial charge in [-0.1, -0.05) is 6.07 Å². The van der Waals surface area contributed by atoms with Crippen molar-refractivity contribution in [2.24, 2.45) is 0 Å². The molecule has 0 aliphatic carbocycles. The van der Waals surface area contributed by atoms with Crippen LogP contribution in [-0.4, -0.2) is 39.4 Å². The lowest BCUT2D eigenvalue weighted by Crippen LogP contribution is -2.13. The maximum absolute atomic E-state index is 5.73. The molecule has 2 rings (SSSR count). The van der Waals surface area contributed by atoms with E-state index in [-0.39, 0.29) is 0 Å². The molecule has 0 aliphatic rings. The van der Waals surface area contributed by atoms with Crippen LogP contribution in [0.5, 0.6) is 0 Å². The van der Waals surface area contributed by atoms with Crippen LogP contribution in [0.2, 0.25) is 0 Å². The van der Waals surface area contributed by atoms with Gasteiger partial charge in [-0.3, -0.25) is 9.55 Å². The molecule has 2 aromatic heterocycles. The Morgan fingerprint density at radius 2 is 2.16 bits per heavy atom. The molecule has 0 atom stereocenters. The van der Waals surface area contributed by atoms with E-state index in [2.05, 4.69) is 45.1 Å². The number of halogens is 1. The van der Waals surface area contributed by atoms with E-state index in [1.165, 1.54) is 0 Å². The third kappa shape index (κ3) is 4.19. The summed E-state index contributed by atoms with van der Waals surface area (Å²) in [5.41, 5.74) is 0.875. The van der Waals surface area contributed by atoms with Gasteiger partial charge in [-0.05, 0) is 45.6 Å². The SMILES string of the molecule is C[S+](C)CCOCn1c(I)cnc1-c1ccccn1. The lowest BCUT2D eigenvalue weighted by molar-refractivity contribution is 0.0892. The normalized spacial score (nSPS) is 11.2. The third-order valence-electron chi connectivity index (χ3n) is 2.56. The van der Waals surface area contributed by atoms with Gasteiger partial charge in [0.15, 0.2) is 5.82 Å². The van der Waals surface area contributed by atoms with Gasteiger partial charge in [0.1, 0.15) is 21.9 Å². The van der Waals surface area contributed by atoms with E-state index in [9.17, 15) is 0 Å². The fourth-order valence-corrected chi connectivity index (χ4v) is 2.52. The average Bonchev–Trinajstić information content (AvgIpc) is 2.77. The van der Waals surface area contributed by atoms with Crippen molar-refractivity contribution in [3.8, 4) is 11.5 Å². The van der Waals surface area contributed by atoms with Gasteiger partial charge in [-0.2, -0.15) is 0 Å². The molecule has 0 amide bonds. The second-order valence-electron chi connectivity index (χ2n) is 4.27. The van der Waals surface area contributed by atoms with Gasteiger partial charge in [-0.15, -0.1) is 0 Å². The van der Waals surface area contributed by atoms with Gasteiger partial charge in [0, 0.05) is 6.20 Å². The van der Waals surface area contributed by atoms with Gasteiger partial charge < -0.3 is 4.74 Å². The molecular weight excluding hydrogens is 373 g/mol. The fraction of sp³-hybridized carbons (Fsp3) is 0.385. The lowest BCUT2D eigenvalue weighted by atomic mass is 10.3. The quantitative estimate of drug-likeness (QED) is 0.432. The van der Waals surface area contributed by atoms with Crippen LogP contribution in [0.15, 0.2) is 30.6 Å². The van der Waals surface area contributed by atoms with Gasteiger partial charge in [0.25, 0.3) is 0 Å². The Morgan fingerprint density at radius 3 is 2.84 bits per heavy atom. The predicted octanol–water partition coefficient (Wildman–Crippen LogP) is 2.40. The largest absolute Gasteiger partial charge is 0.356 e. The zero-order valence-electron chi connectivity index (χ0n) is 11.0. The molecule has 0 fully saturated rings. The minimum Gasteiger partial charge on any atom is -0.356 e. The molecule has 0 aliphatic heterocycles. The van der Waals surface area contributed by atoms with E-state index in [0.717, 1.165) is 27.6 Å². The van der Waals surface area contributed by atoms with E-state index in [4.69, 9.17) is 4.74 Å². The number of ether oxygens (including phenoxy) is 1. The molecule has 0 N–H and O–H groups in total. The smallest absolute Gasteiger partial charge is 0.161 e. The molecule has 2 aromatic rings. The zero-order chi connectivity index (χ0) is 13.7. The van der Waals surface area contributed by atoms with E-state index >= 15 is 0 Å². The first kappa shape index (κ1) is 14.8. The van der Waals surface area contributed by atoms with Crippen LogP contribution in [0, 0.1) is 3.70 Å². The van der Waals surface area contributed by atoms with Crippen LogP contribution >= 0.6 is 22.6 Å². The summed E-state index contributed by atoms with van der Waals surface area (Å²) in [6.07, 6.45) is 8.08. The monoisotopic (exact) mass is 390 g/mol. The van der Waals surface area contributed by atoms with Gasteiger partial charge in [0.2, 0.25) is 0 Å². The van der Waals surface area contributed by atoms with Crippen LogP contribution in [0.1, 0.15) is 0 Å². The zero-order valence-corrected chi connectivity index (χ0v) is 14.0. The highest BCUT2D eigenvalue weighted by Gasteiger charge is 2.11. The van der Waals surface area contributed by atoms with Crippen LogP contribution in [0.3, 0.4) is 0 Å². The maximum atomic E-state index is 5.73. The van der Waals surface area contributed by atoms with Crippen LogP contribution < -0.4 is 0 Å². The highest BCUT2D eigenvalue weighted by atomic mass is 127. The van der Waals surface area contributed by atoms with Crippen molar-refractivity contribution >= 4 is 33.5 Å². The molecule has 0 unspecified atom stereocenters. The average molecular weight is 390 g/mol. The predicted molar refractivity (Wildman–Crippen MR) is 88.2 cm³/mol. The first-order valence-electron chi connectivity index (χ1n) is 5.93. The fourth-order valence-electron chi connectivity index (χ4n) is 1.56. The highest BCUT2D eigenvalue weighted by Crippen LogP contribution is 2.18. The summed E-state index contributed by atoms with van der Waals surface area (Å²) in [6, 6.07) is 5.83. The molecule has 19 heavy (non-hydrogen) atoms. The summed E-state index contributed by atoms with van der Waals surface area (Å²) in [7, 11) is 0.425. The summed E-state index contributed by atoms with van der Waals surface area (Å²) < 4.78 is 8.84. The molecular formula is C13H17IN3OS+. The van der Waals surface area contributed by atoms with Crippen molar-refractivity contribution in [2.75, 3.05) is 24.9 Å². The van der Waals surface area contributed by atoms with Gasteiger partial charge >= 0.3 is 0 Å². The van der Waals surface area contributed by atoms with Crippen molar-refractivity contribution in [1.29, 1.82) is 0 Å². The molecule has 6 heteroatoms. The van der Waals surface area contributed by atoms with E-state index in [1.54, 1.807) is 6.20 Å². The Balaban J connectivity index is 2.06. The third-order valence-corrected chi connectivity index (χ3v) is 4.40. The molecule has 0 bridgehead atoms. The Morgan fingerprint density at radius 1 is 1.32 bits per heavy atom. The molecule has 0 aromatic carbocycles. The van der Waals surface area contributed by atoms with Crippen molar-refractivity contribution in [2.45, 2.75) is 6.73 Å². The summed E-state index contributed by atoms with van der Waals surface area (Å²) >= 11 is 2.27. The Labute approximate surface area is 130 Å². The summed E-state index contributed by atoms with van der Waals surface area (Å²) in [5, 5.41) is 0. The van der Waals surface area contributed by atoms with Crippen molar-refractivity contribution < 1.29 is 4.74 Å². The van der Waals surface area contributed by atoms with Crippen molar-refractivity contribution in [1.82, 2.24) is 14.5 Å². The molecule has 0 saturated heterocycles. The van der Waals surface area contributed by atoms with Gasteiger partial charge in [-0.25, -0.2) is 4.98 Å². The lowest BCUT2D eigenvalue weighted by Gasteiger charge is -2.09. The van der Waals surface area contributed by atoms with Crippen LogP contribution in [-0.2, 0) is 22.4 Å². The Bertz CT molecular complexity index is 516. The molecule has 0 radical (unpaired) electrons. The number of rotatable bonds is 6. The Hall–Kier alpha value is -0.600. The molecule has 4 nitrogen and oxygen atoms in total. The highest BCUT2D eigenvalue weighted by molar-refractivity contribution is 14.1. The van der Waals surface area contributed by atoms with E-state index < -0.39 is 0 Å². The van der Waals surface area contributed by atoms with Crippen LogP contribution in [0.25, 0.3) is 11.5 Å². The van der Waals surface area contributed by atoms with Crippen LogP contribution in [0.4, 0.5) is 0 Å². The second kappa shape index (κ2) is 7.25. The number of pyridine rings is 1. The number of imidazole rings is 1. The first-order valence-corrected chi connectivity index (χ1v) is 9.21. The van der Waals surface area contributed by atoms with Crippen molar-refractivity contribution in [3.63, 3.8) is 0 Å². The molecule has 102 valence electrons. The first-order chi connectivity index (χ1) is 9.18. The molecule has 0 saturated carbocycles. The van der Waals surface area contributed by atoms with Crippen molar-refractivity contribution in [3.05, 3.63) is 34.3 Å². The summed E-state index contributed by atoms with van der Waals surface area (Å²) in [5.74, 6) is 1.96. The maximum Gasteiger partial charge on any atom is 0.161 e.